The normalized spacial score (nSPS) is 21.8. The predicted octanol–water partition coefficient (Wildman–Crippen LogP) is 1.60. The van der Waals surface area contributed by atoms with E-state index in [0.29, 0.717) is 41.7 Å². The van der Waals surface area contributed by atoms with Crippen LogP contribution >= 0.6 is 0 Å². The van der Waals surface area contributed by atoms with Crippen molar-refractivity contribution in [1.29, 1.82) is 0 Å². The molecule has 2 aromatic carbocycles. The summed E-state index contributed by atoms with van der Waals surface area (Å²) < 4.78 is 11.3. The van der Waals surface area contributed by atoms with Gasteiger partial charge in [0.25, 0.3) is 5.91 Å². The van der Waals surface area contributed by atoms with Gasteiger partial charge in [0, 0.05) is 6.42 Å². The molecule has 3 aliphatic heterocycles. The molecule has 2 N–H and O–H groups in total. The van der Waals surface area contributed by atoms with Gasteiger partial charge in [0.2, 0.25) is 11.8 Å². The third-order valence-corrected chi connectivity index (χ3v) is 5.96. The van der Waals surface area contributed by atoms with E-state index < -0.39 is 29.9 Å². The average Bonchev–Trinajstić information content (AvgIpc) is 2.96. The van der Waals surface area contributed by atoms with Gasteiger partial charge in [-0.15, -0.1) is 0 Å². The van der Waals surface area contributed by atoms with Gasteiger partial charge in [-0.1, -0.05) is 18.2 Å². The number of nitrogens with zero attached hydrogens (tertiary/aromatic N) is 2. The van der Waals surface area contributed by atoms with E-state index in [9.17, 15) is 19.2 Å². The van der Waals surface area contributed by atoms with Crippen LogP contribution in [0, 0.1) is 0 Å². The molecule has 170 valence electrons. The van der Waals surface area contributed by atoms with Gasteiger partial charge in [-0.25, -0.2) is 4.79 Å². The number of para-hydroxylation sites is 2. The quantitative estimate of drug-likeness (QED) is 0.686. The van der Waals surface area contributed by atoms with Crippen LogP contribution in [0.2, 0.25) is 0 Å². The molecule has 3 aliphatic rings. The van der Waals surface area contributed by atoms with E-state index in [-0.39, 0.29) is 12.5 Å². The molecule has 3 heterocycles. The number of urea groups is 1. The summed E-state index contributed by atoms with van der Waals surface area (Å²) in [5.74, 6) is -0.380. The van der Waals surface area contributed by atoms with E-state index in [1.807, 2.05) is 0 Å². The third kappa shape index (κ3) is 3.53. The number of anilines is 2. The number of rotatable bonds is 3. The Balaban J connectivity index is 1.39. The van der Waals surface area contributed by atoms with Gasteiger partial charge in [-0.05, 0) is 36.8 Å². The van der Waals surface area contributed by atoms with E-state index >= 15 is 0 Å². The van der Waals surface area contributed by atoms with Crippen molar-refractivity contribution in [2.24, 2.45) is 0 Å². The van der Waals surface area contributed by atoms with Crippen LogP contribution in [0.4, 0.5) is 16.2 Å². The lowest BCUT2D eigenvalue weighted by Crippen LogP contribution is -2.48. The zero-order valence-corrected chi connectivity index (χ0v) is 17.9. The maximum absolute atomic E-state index is 13.3. The van der Waals surface area contributed by atoms with Gasteiger partial charge < -0.3 is 20.1 Å². The maximum Gasteiger partial charge on any atom is 0.325 e. The van der Waals surface area contributed by atoms with E-state index in [0.717, 1.165) is 11.3 Å². The summed E-state index contributed by atoms with van der Waals surface area (Å²) in [6.07, 6.45) is 0.741. The molecule has 0 saturated carbocycles. The monoisotopic (exact) mass is 450 g/mol. The molecule has 33 heavy (non-hydrogen) atoms. The lowest BCUT2D eigenvalue weighted by atomic mass is 9.91. The second-order valence-electron chi connectivity index (χ2n) is 8.20. The van der Waals surface area contributed by atoms with Crippen molar-refractivity contribution in [1.82, 2.24) is 10.2 Å². The highest BCUT2D eigenvalue weighted by molar-refractivity contribution is 6.14. The Hall–Kier alpha value is -4.08. The van der Waals surface area contributed by atoms with Crippen LogP contribution < -0.4 is 25.0 Å². The number of benzene rings is 2. The maximum atomic E-state index is 13.3. The van der Waals surface area contributed by atoms with Gasteiger partial charge in [-0.3, -0.25) is 24.2 Å². The summed E-state index contributed by atoms with van der Waals surface area (Å²) >= 11 is 0. The van der Waals surface area contributed by atoms with Crippen molar-refractivity contribution in [2.75, 3.05) is 36.5 Å². The molecule has 1 atom stereocenters. The number of carbonyl (C=O) groups excluding carboxylic acids is 4. The zero-order chi connectivity index (χ0) is 23.2. The molecular weight excluding hydrogens is 428 g/mol. The summed E-state index contributed by atoms with van der Waals surface area (Å²) in [4.78, 5) is 53.3. The van der Waals surface area contributed by atoms with Gasteiger partial charge in [0.15, 0.2) is 11.5 Å². The van der Waals surface area contributed by atoms with Crippen molar-refractivity contribution in [3.63, 3.8) is 0 Å². The highest BCUT2D eigenvalue weighted by atomic mass is 16.5. The molecule has 10 nitrogen and oxygen atoms in total. The molecule has 1 fully saturated rings. The molecule has 0 radical (unpaired) electrons. The molecule has 2 aromatic rings. The fraction of sp³-hybridized carbons (Fsp3) is 0.304. The SMILES string of the molecule is CC1(c2ccc3c(c2)OCCCO3)NC(=O)N(CC(=O)N2CC(=O)Nc3ccccc32)C1=O. The fourth-order valence-corrected chi connectivity index (χ4v) is 4.19. The van der Waals surface area contributed by atoms with Crippen LogP contribution in [-0.4, -0.2) is 55.0 Å². The first-order chi connectivity index (χ1) is 15.9. The van der Waals surface area contributed by atoms with E-state index in [2.05, 4.69) is 10.6 Å². The molecule has 1 unspecified atom stereocenters. The van der Waals surface area contributed by atoms with Crippen molar-refractivity contribution in [3.8, 4) is 11.5 Å². The number of carbonyl (C=O) groups is 4. The Morgan fingerprint density at radius 1 is 1.06 bits per heavy atom. The highest BCUT2D eigenvalue weighted by Gasteiger charge is 2.50. The molecule has 0 spiro atoms. The molecule has 0 bridgehead atoms. The third-order valence-electron chi connectivity index (χ3n) is 5.96. The number of amides is 5. The average molecular weight is 450 g/mol. The Kier molecular flexibility index (Phi) is 4.92. The molecular formula is C23H22N4O6. The summed E-state index contributed by atoms with van der Waals surface area (Å²) in [5.41, 5.74) is 0.151. The Morgan fingerprint density at radius 2 is 1.82 bits per heavy atom. The van der Waals surface area contributed by atoms with Crippen LogP contribution in [0.15, 0.2) is 42.5 Å². The summed E-state index contributed by atoms with van der Waals surface area (Å²) in [5, 5.41) is 5.40. The topological polar surface area (TPSA) is 117 Å². The Morgan fingerprint density at radius 3 is 2.64 bits per heavy atom. The predicted molar refractivity (Wildman–Crippen MR) is 117 cm³/mol. The van der Waals surface area contributed by atoms with E-state index in [4.69, 9.17) is 9.47 Å². The minimum atomic E-state index is -1.38. The lowest BCUT2D eigenvalue weighted by molar-refractivity contribution is -0.134. The second kappa shape index (κ2) is 7.80. The summed E-state index contributed by atoms with van der Waals surface area (Å²) in [6, 6.07) is 11.3. The van der Waals surface area contributed by atoms with Crippen LogP contribution in [0.5, 0.6) is 11.5 Å². The summed E-state index contributed by atoms with van der Waals surface area (Å²) in [6.45, 7) is 1.91. The van der Waals surface area contributed by atoms with Crippen LogP contribution in [0.3, 0.4) is 0 Å². The number of nitrogens with one attached hydrogen (secondary N) is 2. The minimum absolute atomic E-state index is 0.196. The number of imide groups is 1. The zero-order valence-electron chi connectivity index (χ0n) is 17.9. The largest absolute Gasteiger partial charge is 0.490 e. The second-order valence-corrected chi connectivity index (χ2v) is 8.20. The fourth-order valence-electron chi connectivity index (χ4n) is 4.19. The molecule has 10 heteroatoms. The standard InChI is InChI=1S/C23H22N4O6/c1-23(14-7-8-17-18(11-14)33-10-4-9-32-17)21(30)27(22(31)25-23)13-20(29)26-12-19(28)24-15-5-2-3-6-16(15)26/h2-3,5-8,11H,4,9-10,12-13H2,1H3,(H,24,28)(H,25,31). The van der Waals surface area contributed by atoms with Crippen molar-refractivity contribution < 1.29 is 28.7 Å². The number of hydrogen-bond donors (Lipinski definition) is 2. The smallest absolute Gasteiger partial charge is 0.325 e. The molecule has 0 aliphatic carbocycles. The first-order valence-corrected chi connectivity index (χ1v) is 10.6. The van der Waals surface area contributed by atoms with Crippen molar-refractivity contribution in [2.45, 2.75) is 18.9 Å². The number of hydrogen-bond acceptors (Lipinski definition) is 6. The first kappa shape index (κ1) is 20.8. The van der Waals surface area contributed by atoms with E-state index in [1.165, 1.54) is 4.90 Å². The number of ether oxygens (including phenoxy) is 2. The molecule has 5 amide bonds. The Bertz CT molecular complexity index is 1180. The molecule has 0 aromatic heterocycles. The van der Waals surface area contributed by atoms with Gasteiger partial charge in [-0.2, -0.15) is 0 Å². The van der Waals surface area contributed by atoms with Crippen molar-refractivity contribution >= 4 is 35.1 Å². The molecule has 1 saturated heterocycles. The van der Waals surface area contributed by atoms with Gasteiger partial charge >= 0.3 is 6.03 Å². The van der Waals surface area contributed by atoms with Gasteiger partial charge in [0.05, 0.1) is 24.6 Å². The lowest BCUT2D eigenvalue weighted by Gasteiger charge is -2.30. The number of fused-ring (bicyclic) bond motifs is 2. The van der Waals surface area contributed by atoms with Crippen molar-refractivity contribution in [3.05, 3.63) is 48.0 Å². The van der Waals surface area contributed by atoms with E-state index in [1.54, 1.807) is 49.4 Å². The first-order valence-electron chi connectivity index (χ1n) is 10.6. The van der Waals surface area contributed by atoms with Crippen LogP contribution in [0.25, 0.3) is 0 Å². The Labute approximate surface area is 189 Å². The molecule has 5 rings (SSSR count). The van der Waals surface area contributed by atoms with Gasteiger partial charge in [0.1, 0.15) is 18.6 Å². The minimum Gasteiger partial charge on any atom is -0.490 e. The highest BCUT2D eigenvalue weighted by Crippen LogP contribution is 2.37. The van der Waals surface area contributed by atoms with Crippen LogP contribution in [-0.2, 0) is 19.9 Å². The summed E-state index contributed by atoms with van der Waals surface area (Å²) in [7, 11) is 0. The van der Waals surface area contributed by atoms with Crippen LogP contribution in [0.1, 0.15) is 18.9 Å².